The molecule has 0 aliphatic carbocycles. The van der Waals surface area contributed by atoms with Gasteiger partial charge in [-0.25, -0.2) is 0 Å². The summed E-state index contributed by atoms with van der Waals surface area (Å²) in [6.07, 6.45) is 0. The molecular formula is C13H20BrN4O2S+. The highest BCUT2D eigenvalue weighted by Crippen LogP contribution is 2.17. The molecule has 0 spiro atoms. The smallest absolute Gasteiger partial charge is 0.276 e. The number of quaternary nitrogens is 1. The molecule has 0 aliphatic heterocycles. The Balaban J connectivity index is 2.17. The maximum absolute atomic E-state index is 11.6. The molecule has 0 aliphatic rings. The number of benzene rings is 1. The molecule has 0 heterocycles. The summed E-state index contributed by atoms with van der Waals surface area (Å²) in [6.45, 7) is 1.58. The van der Waals surface area contributed by atoms with Gasteiger partial charge in [0.1, 0.15) is 5.75 Å². The monoisotopic (exact) mass is 375 g/mol. The molecule has 0 radical (unpaired) electrons. The van der Waals surface area contributed by atoms with E-state index >= 15 is 0 Å². The van der Waals surface area contributed by atoms with Gasteiger partial charge in [0.25, 0.3) is 5.91 Å². The number of likely N-dealkylation sites (N-methyl/N-ethyl adjacent to an activating group) is 1. The van der Waals surface area contributed by atoms with Crippen molar-refractivity contribution >= 4 is 39.2 Å². The van der Waals surface area contributed by atoms with E-state index in [2.05, 4.69) is 46.2 Å². The third-order valence-electron chi connectivity index (χ3n) is 2.39. The molecule has 1 aromatic rings. The van der Waals surface area contributed by atoms with Gasteiger partial charge in [0.2, 0.25) is 0 Å². The molecule has 1 amide bonds. The van der Waals surface area contributed by atoms with E-state index in [4.69, 9.17) is 17.0 Å². The number of hydrogen-bond acceptors (Lipinski definition) is 3. The van der Waals surface area contributed by atoms with Crippen LogP contribution >= 0.6 is 28.1 Å². The lowest BCUT2D eigenvalue weighted by molar-refractivity contribution is -0.856. The number of amides is 1. The van der Waals surface area contributed by atoms with E-state index in [1.807, 2.05) is 12.1 Å². The molecule has 0 aromatic heterocycles. The van der Waals surface area contributed by atoms with Crippen LogP contribution in [0.4, 0.5) is 0 Å². The predicted molar refractivity (Wildman–Crippen MR) is 89.2 cm³/mol. The molecule has 116 valence electrons. The summed E-state index contributed by atoms with van der Waals surface area (Å²) in [5.74, 6) is 0.312. The molecule has 0 bridgehead atoms. The molecule has 0 unspecified atom stereocenters. The van der Waals surface area contributed by atoms with Gasteiger partial charge in [-0.3, -0.25) is 15.6 Å². The minimum atomic E-state index is -0.308. The van der Waals surface area contributed by atoms with Crippen LogP contribution < -0.4 is 25.8 Å². The standard InChI is InChI=1S/C13H19BrN4O2S/c1-18(2)7-6-15-13(21)17-16-12(19)9-20-11-5-3-4-10(14)8-11/h3-5,8H,6-7,9H2,1-2H3,(H,16,19)(H2,15,17,21)/p+1. The highest BCUT2D eigenvalue weighted by atomic mass is 79.9. The van der Waals surface area contributed by atoms with Crippen LogP contribution in [0.5, 0.6) is 5.75 Å². The van der Waals surface area contributed by atoms with Crippen molar-refractivity contribution in [2.24, 2.45) is 0 Å². The summed E-state index contributed by atoms with van der Waals surface area (Å²) in [5.41, 5.74) is 5.10. The van der Waals surface area contributed by atoms with Gasteiger partial charge in [-0.05, 0) is 30.4 Å². The number of carbonyl (C=O) groups excluding carboxylic acids is 1. The third kappa shape index (κ3) is 8.49. The molecular weight excluding hydrogens is 356 g/mol. The molecule has 1 rings (SSSR count). The van der Waals surface area contributed by atoms with E-state index in [0.717, 1.165) is 17.6 Å². The predicted octanol–water partition coefficient (Wildman–Crippen LogP) is -0.532. The van der Waals surface area contributed by atoms with Crippen molar-refractivity contribution in [2.45, 2.75) is 0 Å². The normalized spacial score (nSPS) is 10.1. The highest BCUT2D eigenvalue weighted by Gasteiger charge is 2.04. The summed E-state index contributed by atoms with van der Waals surface area (Å²) in [5, 5.41) is 3.37. The molecule has 0 fully saturated rings. The second-order valence-corrected chi connectivity index (χ2v) is 5.96. The zero-order valence-corrected chi connectivity index (χ0v) is 14.4. The van der Waals surface area contributed by atoms with Gasteiger partial charge in [-0.1, -0.05) is 22.0 Å². The van der Waals surface area contributed by atoms with E-state index in [-0.39, 0.29) is 12.5 Å². The first-order valence-corrected chi connectivity index (χ1v) is 7.67. The lowest BCUT2D eigenvalue weighted by Gasteiger charge is -2.13. The lowest BCUT2D eigenvalue weighted by Crippen LogP contribution is -3.06. The summed E-state index contributed by atoms with van der Waals surface area (Å²) in [6, 6.07) is 7.28. The number of thiocarbonyl (C=S) groups is 1. The molecule has 6 nitrogen and oxygen atoms in total. The van der Waals surface area contributed by atoms with Crippen LogP contribution in [0.25, 0.3) is 0 Å². The Hall–Kier alpha value is -1.38. The van der Waals surface area contributed by atoms with Crippen molar-refractivity contribution in [1.82, 2.24) is 16.2 Å². The van der Waals surface area contributed by atoms with Gasteiger partial charge >= 0.3 is 0 Å². The molecule has 0 saturated carbocycles. The number of hydrazine groups is 1. The average molecular weight is 376 g/mol. The first-order chi connectivity index (χ1) is 9.97. The van der Waals surface area contributed by atoms with E-state index in [0.29, 0.717) is 10.9 Å². The summed E-state index contributed by atoms with van der Waals surface area (Å²) >= 11 is 8.36. The number of nitrogens with one attached hydrogen (secondary N) is 4. The number of ether oxygens (including phenoxy) is 1. The quantitative estimate of drug-likeness (QED) is 0.397. The Morgan fingerprint density at radius 3 is 2.81 bits per heavy atom. The second kappa shape index (κ2) is 9.54. The van der Waals surface area contributed by atoms with Crippen molar-refractivity contribution in [3.05, 3.63) is 28.7 Å². The first-order valence-electron chi connectivity index (χ1n) is 6.47. The van der Waals surface area contributed by atoms with Crippen LogP contribution in [0.2, 0.25) is 0 Å². The first kappa shape index (κ1) is 17.7. The molecule has 0 saturated heterocycles. The number of carbonyl (C=O) groups is 1. The van der Waals surface area contributed by atoms with E-state index in [9.17, 15) is 4.79 Å². The Morgan fingerprint density at radius 1 is 1.38 bits per heavy atom. The highest BCUT2D eigenvalue weighted by molar-refractivity contribution is 9.10. The maximum Gasteiger partial charge on any atom is 0.276 e. The van der Waals surface area contributed by atoms with Crippen LogP contribution in [0, 0.1) is 0 Å². The summed E-state index contributed by atoms with van der Waals surface area (Å²) in [7, 11) is 4.11. The minimum absolute atomic E-state index is 0.0894. The second-order valence-electron chi connectivity index (χ2n) is 4.63. The van der Waals surface area contributed by atoms with Gasteiger partial charge in [0, 0.05) is 4.47 Å². The van der Waals surface area contributed by atoms with Crippen molar-refractivity contribution < 1.29 is 14.4 Å². The van der Waals surface area contributed by atoms with Gasteiger partial charge in [-0.2, -0.15) is 0 Å². The van der Waals surface area contributed by atoms with E-state index in [1.165, 1.54) is 4.90 Å². The van der Waals surface area contributed by atoms with Gasteiger partial charge in [0.05, 0.1) is 27.2 Å². The van der Waals surface area contributed by atoms with E-state index in [1.54, 1.807) is 12.1 Å². The van der Waals surface area contributed by atoms with Crippen molar-refractivity contribution in [2.75, 3.05) is 33.8 Å². The summed E-state index contributed by atoms with van der Waals surface area (Å²) < 4.78 is 6.24. The largest absolute Gasteiger partial charge is 0.484 e. The Bertz CT molecular complexity index is 485. The van der Waals surface area contributed by atoms with Gasteiger partial charge < -0.3 is 15.0 Å². The van der Waals surface area contributed by atoms with Crippen molar-refractivity contribution in [3.8, 4) is 5.75 Å². The fourth-order valence-corrected chi connectivity index (χ4v) is 1.87. The fraction of sp³-hybridized carbons (Fsp3) is 0.385. The number of rotatable bonds is 6. The molecule has 0 atom stereocenters. The van der Waals surface area contributed by atoms with Crippen LogP contribution in [-0.2, 0) is 4.79 Å². The molecule has 8 heteroatoms. The fourth-order valence-electron chi connectivity index (χ4n) is 1.34. The molecule has 4 N–H and O–H groups in total. The van der Waals surface area contributed by atoms with Crippen LogP contribution in [0.1, 0.15) is 0 Å². The number of hydrogen-bond donors (Lipinski definition) is 4. The van der Waals surface area contributed by atoms with Gasteiger partial charge in [-0.15, -0.1) is 0 Å². The Labute approximate surface area is 138 Å². The maximum atomic E-state index is 11.6. The minimum Gasteiger partial charge on any atom is -0.484 e. The third-order valence-corrected chi connectivity index (χ3v) is 3.13. The zero-order valence-electron chi connectivity index (χ0n) is 12.0. The Morgan fingerprint density at radius 2 is 2.14 bits per heavy atom. The Kier molecular flexibility index (Phi) is 8.03. The molecule has 21 heavy (non-hydrogen) atoms. The van der Waals surface area contributed by atoms with Crippen molar-refractivity contribution in [3.63, 3.8) is 0 Å². The van der Waals surface area contributed by atoms with Crippen LogP contribution in [-0.4, -0.2) is 44.8 Å². The lowest BCUT2D eigenvalue weighted by atomic mass is 10.3. The average Bonchev–Trinajstić information content (AvgIpc) is 2.42. The zero-order chi connectivity index (χ0) is 15.7. The van der Waals surface area contributed by atoms with Crippen molar-refractivity contribution in [1.29, 1.82) is 0 Å². The topological polar surface area (TPSA) is 66.8 Å². The number of halogens is 1. The van der Waals surface area contributed by atoms with Crippen LogP contribution in [0.3, 0.4) is 0 Å². The van der Waals surface area contributed by atoms with Crippen LogP contribution in [0.15, 0.2) is 28.7 Å². The molecule has 1 aromatic carbocycles. The SMILES string of the molecule is C[NH+](C)CCNC(=S)NNC(=O)COc1cccc(Br)c1. The van der Waals surface area contributed by atoms with Gasteiger partial charge in [0.15, 0.2) is 11.7 Å². The summed E-state index contributed by atoms with van der Waals surface area (Å²) in [4.78, 5) is 12.9. The van der Waals surface area contributed by atoms with E-state index < -0.39 is 0 Å².